The zero-order chi connectivity index (χ0) is 15.5. The number of carboxylic acids is 1. The molecule has 6 nitrogen and oxygen atoms in total. The van der Waals surface area contributed by atoms with Crippen LogP contribution in [0.5, 0.6) is 0 Å². The molecule has 0 unspecified atom stereocenters. The Labute approximate surface area is 131 Å². The molecule has 1 aromatic carbocycles. The number of anilines is 1. The summed E-state index contributed by atoms with van der Waals surface area (Å²) in [7, 11) is 0. The number of carbonyl (C=O) groups is 2. The standard InChI is InChI=1S/C15H15N3O3S/c19-12(8-10-4-1-2-7-11(10)14(20)21)16-15-18-17-13(22-15)9-5-3-6-9/h1-2,4,7,9H,3,5-6,8H2,(H,20,21)(H,16,18,19). The van der Waals surface area contributed by atoms with E-state index in [-0.39, 0.29) is 17.9 Å². The van der Waals surface area contributed by atoms with Crippen molar-refractivity contribution in [1.29, 1.82) is 0 Å². The van der Waals surface area contributed by atoms with E-state index in [4.69, 9.17) is 5.11 Å². The molecule has 0 aliphatic heterocycles. The van der Waals surface area contributed by atoms with Crippen LogP contribution in [0.25, 0.3) is 0 Å². The number of aromatic nitrogens is 2. The van der Waals surface area contributed by atoms with Gasteiger partial charge >= 0.3 is 5.97 Å². The molecule has 0 saturated heterocycles. The van der Waals surface area contributed by atoms with Crippen LogP contribution in [-0.2, 0) is 11.2 Å². The topological polar surface area (TPSA) is 92.2 Å². The van der Waals surface area contributed by atoms with Gasteiger partial charge in [-0.1, -0.05) is 36.0 Å². The van der Waals surface area contributed by atoms with Gasteiger partial charge in [0.15, 0.2) is 0 Å². The van der Waals surface area contributed by atoms with E-state index in [1.165, 1.54) is 23.8 Å². The van der Waals surface area contributed by atoms with E-state index >= 15 is 0 Å². The first-order valence-corrected chi connectivity index (χ1v) is 7.89. The molecule has 1 heterocycles. The van der Waals surface area contributed by atoms with Gasteiger partial charge in [-0.2, -0.15) is 0 Å². The molecule has 0 atom stereocenters. The molecule has 1 amide bonds. The van der Waals surface area contributed by atoms with Gasteiger partial charge in [-0.05, 0) is 24.5 Å². The lowest BCUT2D eigenvalue weighted by atomic mass is 9.86. The summed E-state index contributed by atoms with van der Waals surface area (Å²) in [5, 5.41) is 21.3. The van der Waals surface area contributed by atoms with E-state index in [1.54, 1.807) is 18.2 Å². The number of aromatic carboxylic acids is 1. The summed E-state index contributed by atoms with van der Waals surface area (Å²) in [6.45, 7) is 0. The molecule has 1 saturated carbocycles. The van der Waals surface area contributed by atoms with Crippen molar-refractivity contribution >= 4 is 28.3 Å². The van der Waals surface area contributed by atoms with Gasteiger partial charge in [0.05, 0.1) is 12.0 Å². The molecule has 1 aromatic heterocycles. The fraction of sp³-hybridized carbons (Fsp3) is 0.333. The molecule has 0 bridgehead atoms. The van der Waals surface area contributed by atoms with Crippen molar-refractivity contribution in [1.82, 2.24) is 10.2 Å². The van der Waals surface area contributed by atoms with Crippen molar-refractivity contribution in [3.8, 4) is 0 Å². The van der Waals surface area contributed by atoms with Crippen LogP contribution in [0.2, 0.25) is 0 Å². The van der Waals surface area contributed by atoms with E-state index in [0.29, 0.717) is 16.6 Å². The van der Waals surface area contributed by atoms with Crippen LogP contribution in [0.15, 0.2) is 24.3 Å². The Bertz CT molecular complexity index is 710. The molecular formula is C15H15N3O3S. The van der Waals surface area contributed by atoms with Gasteiger partial charge < -0.3 is 10.4 Å². The fourth-order valence-corrected chi connectivity index (χ4v) is 3.25. The summed E-state index contributed by atoms with van der Waals surface area (Å²) >= 11 is 1.40. The Kier molecular flexibility index (Phi) is 4.15. The molecule has 0 radical (unpaired) electrons. The van der Waals surface area contributed by atoms with Gasteiger partial charge in [0.25, 0.3) is 0 Å². The zero-order valence-electron chi connectivity index (χ0n) is 11.8. The molecule has 7 heteroatoms. The number of nitrogens with zero attached hydrogens (tertiary/aromatic N) is 2. The summed E-state index contributed by atoms with van der Waals surface area (Å²) in [5.74, 6) is -0.840. The maximum Gasteiger partial charge on any atom is 0.335 e. The van der Waals surface area contributed by atoms with Crippen LogP contribution in [-0.4, -0.2) is 27.2 Å². The first-order chi connectivity index (χ1) is 10.6. The summed E-state index contributed by atoms with van der Waals surface area (Å²) in [5.41, 5.74) is 0.626. The van der Waals surface area contributed by atoms with E-state index in [0.717, 1.165) is 17.8 Å². The first-order valence-electron chi connectivity index (χ1n) is 7.08. The van der Waals surface area contributed by atoms with Crippen molar-refractivity contribution in [2.45, 2.75) is 31.6 Å². The van der Waals surface area contributed by atoms with Gasteiger partial charge in [-0.25, -0.2) is 4.79 Å². The average Bonchev–Trinajstić information content (AvgIpc) is 2.85. The highest BCUT2D eigenvalue weighted by Crippen LogP contribution is 2.38. The highest BCUT2D eigenvalue weighted by Gasteiger charge is 2.24. The third-order valence-corrected chi connectivity index (χ3v) is 4.74. The Balaban J connectivity index is 1.65. The van der Waals surface area contributed by atoms with Crippen LogP contribution < -0.4 is 5.32 Å². The van der Waals surface area contributed by atoms with Crippen molar-refractivity contribution in [3.05, 3.63) is 40.4 Å². The summed E-state index contributed by atoms with van der Waals surface area (Å²) in [6, 6.07) is 6.49. The smallest absolute Gasteiger partial charge is 0.335 e. The molecular weight excluding hydrogens is 302 g/mol. The molecule has 2 aromatic rings. The highest BCUT2D eigenvalue weighted by atomic mass is 32.1. The van der Waals surface area contributed by atoms with Gasteiger partial charge in [0, 0.05) is 5.92 Å². The summed E-state index contributed by atoms with van der Waals surface area (Å²) in [4.78, 5) is 23.2. The monoisotopic (exact) mass is 317 g/mol. The van der Waals surface area contributed by atoms with E-state index < -0.39 is 5.97 Å². The highest BCUT2D eigenvalue weighted by molar-refractivity contribution is 7.15. The minimum Gasteiger partial charge on any atom is -0.478 e. The SMILES string of the molecule is O=C(Cc1ccccc1C(=O)O)Nc1nnc(C2CCC2)s1. The number of carbonyl (C=O) groups excluding carboxylic acids is 1. The average molecular weight is 317 g/mol. The van der Waals surface area contributed by atoms with E-state index in [1.807, 2.05) is 0 Å². The van der Waals surface area contributed by atoms with E-state index in [9.17, 15) is 9.59 Å². The van der Waals surface area contributed by atoms with Crippen molar-refractivity contribution in [2.75, 3.05) is 5.32 Å². The number of nitrogens with one attached hydrogen (secondary N) is 1. The summed E-state index contributed by atoms with van der Waals surface area (Å²) < 4.78 is 0. The lowest BCUT2D eigenvalue weighted by Gasteiger charge is -2.21. The molecule has 0 spiro atoms. The number of rotatable bonds is 5. The molecule has 1 fully saturated rings. The van der Waals surface area contributed by atoms with Crippen molar-refractivity contribution in [2.24, 2.45) is 0 Å². The number of amides is 1. The summed E-state index contributed by atoms with van der Waals surface area (Å²) in [6.07, 6.45) is 3.49. The Hall–Kier alpha value is -2.28. The molecule has 2 N–H and O–H groups in total. The fourth-order valence-electron chi connectivity index (χ4n) is 2.32. The van der Waals surface area contributed by atoms with Gasteiger partial charge in [0.2, 0.25) is 11.0 Å². The van der Waals surface area contributed by atoms with Gasteiger partial charge in [0.1, 0.15) is 5.01 Å². The molecule has 114 valence electrons. The predicted octanol–water partition coefficient (Wildman–Crippen LogP) is 2.69. The molecule has 22 heavy (non-hydrogen) atoms. The maximum absolute atomic E-state index is 12.1. The van der Waals surface area contributed by atoms with E-state index in [2.05, 4.69) is 15.5 Å². The van der Waals surface area contributed by atoms with Crippen molar-refractivity contribution < 1.29 is 14.7 Å². The minimum atomic E-state index is -1.04. The largest absolute Gasteiger partial charge is 0.478 e. The Morgan fingerprint density at radius 1 is 1.27 bits per heavy atom. The second-order valence-corrected chi connectivity index (χ2v) is 6.27. The number of hydrogen-bond acceptors (Lipinski definition) is 5. The van der Waals surface area contributed by atoms with Crippen LogP contribution in [0, 0.1) is 0 Å². The third-order valence-electron chi connectivity index (χ3n) is 3.74. The van der Waals surface area contributed by atoms with Crippen LogP contribution in [0.3, 0.4) is 0 Å². The van der Waals surface area contributed by atoms with Crippen LogP contribution >= 0.6 is 11.3 Å². The molecule has 3 rings (SSSR count). The van der Waals surface area contributed by atoms with Gasteiger partial charge in [-0.15, -0.1) is 10.2 Å². The van der Waals surface area contributed by atoms with Gasteiger partial charge in [-0.3, -0.25) is 4.79 Å². The number of benzene rings is 1. The number of carboxylic acid groups (broad SMARTS) is 1. The Morgan fingerprint density at radius 2 is 2.05 bits per heavy atom. The van der Waals surface area contributed by atoms with Crippen LogP contribution in [0.4, 0.5) is 5.13 Å². The molecule has 1 aliphatic rings. The normalized spacial score (nSPS) is 14.4. The second kappa shape index (κ2) is 6.23. The third kappa shape index (κ3) is 3.14. The molecule has 1 aliphatic carbocycles. The second-order valence-electron chi connectivity index (χ2n) is 5.26. The zero-order valence-corrected chi connectivity index (χ0v) is 12.6. The lowest BCUT2D eigenvalue weighted by Crippen LogP contribution is -2.16. The minimum absolute atomic E-state index is 0.000809. The van der Waals surface area contributed by atoms with Crippen molar-refractivity contribution in [3.63, 3.8) is 0 Å². The quantitative estimate of drug-likeness (QED) is 0.884. The lowest BCUT2D eigenvalue weighted by molar-refractivity contribution is -0.115. The number of hydrogen-bond donors (Lipinski definition) is 2. The predicted molar refractivity (Wildman–Crippen MR) is 82.2 cm³/mol. The Morgan fingerprint density at radius 3 is 2.73 bits per heavy atom. The first kappa shape index (κ1) is 14.6. The maximum atomic E-state index is 12.1. The van der Waals surface area contributed by atoms with Crippen LogP contribution in [0.1, 0.15) is 46.1 Å².